The molecule has 198 valence electrons. The monoisotopic (exact) mass is 517 g/mol. The van der Waals surface area contributed by atoms with E-state index in [0.717, 1.165) is 30.2 Å². The third-order valence-electron chi connectivity index (χ3n) is 5.98. The number of hydrogen-bond acceptors (Lipinski definition) is 5. The van der Waals surface area contributed by atoms with Crippen molar-refractivity contribution < 1.29 is 22.7 Å². The first-order chi connectivity index (χ1) is 17.1. The molecule has 1 atom stereocenters. The number of methoxy groups -OCH3 is 1. The number of carbonyl (C=O) groups excluding carboxylic acids is 2. The molecule has 0 aromatic heterocycles. The van der Waals surface area contributed by atoms with Gasteiger partial charge in [-0.3, -0.25) is 13.9 Å². The van der Waals surface area contributed by atoms with Crippen LogP contribution in [0, 0.1) is 6.92 Å². The third kappa shape index (κ3) is 8.86. The van der Waals surface area contributed by atoms with Gasteiger partial charge in [0.2, 0.25) is 21.8 Å². The van der Waals surface area contributed by atoms with Crippen molar-refractivity contribution in [2.45, 2.75) is 59.0 Å². The molecule has 2 amide bonds. The van der Waals surface area contributed by atoms with E-state index in [1.54, 1.807) is 31.1 Å². The number of ether oxygens (including phenoxy) is 1. The van der Waals surface area contributed by atoms with Gasteiger partial charge in [-0.1, -0.05) is 43.2 Å². The highest BCUT2D eigenvalue weighted by Gasteiger charge is 2.26. The van der Waals surface area contributed by atoms with Gasteiger partial charge in [-0.2, -0.15) is 0 Å². The molecule has 0 saturated heterocycles. The third-order valence-corrected chi connectivity index (χ3v) is 7.18. The van der Waals surface area contributed by atoms with Gasteiger partial charge in [-0.05, 0) is 56.5 Å². The number of nitrogens with one attached hydrogen (secondary N) is 1. The molecule has 2 rings (SSSR count). The van der Waals surface area contributed by atoms with Gasteiger partial charge >= 0.3 is 0 Å². The van der Waals surface area contributed by atoms with Gasteiger partial charge in [-0.25, -0.2) is 8.42 Å². The average Bonchev–Trinajstić information content (AvgIpc) is 2.85. The molecule has 0 aliphatic heterocycles. The first kappa shape index (κ1) is 29.2. The molecular formula is C27H39N3O5S. The fraction of sp³-hybridized carbons (Fsp3) is 0.481. The number of amides is 2. The zero-order valence-corrected chi connectivity index (χ0v) is 22.8. The Bertz CT molecular complexity index is 1090. The van der Waals surface area contributed by atoms with E-state index in [0.29, 0.717) is 24.4 Å². The quantitative estimate of drug-likeness (QED) is 0.384. The lowest BCUT2D eigenvalue weighted by atomic mass is 10.1. The molecule has 1 N–H and O–H groups in total. The van der Waals surface area contributed by atoms with Gasteiger partial charge in [0.05, 0.1) is 19.1 Å². The second-order valence-corrected chi connectivity index (χ2v) is 10.9. The Hall–Kier alpha value is -3.07. The van der Waals surface area contributed by atoms with E-state index in [2.05, 4.69) is 5.32 Å². The number of anilines is 1. The summed E-state index contributed by atoms with van der Waals surface area (Å²) in [6, 6.07) is 13.9. The summed E-state index contributed by atoms with van der Waals surface area (Å²) in [6.07, 6.45) is 3.42. The highest BCUT2D eigenvalue weighted by Crippen LogP contribution is 2.20. The van der Waals surface area contributed by atoms with Crippen molar-refractivity contribution in [1.82, 2.24) is 10.2 Å². The van der Waals surface area contributed by atoms with Crippen LogP contribution in [0.5, 0.6) is 5.75 Å². The maximum atomic E-state index is 13.3. The molecule has 8 nitrogen and oxygen atoms in total. The van der Waals surface area contributed by atoms with Crippen molar-refractivity contribution in [1.29, 1.82) is 0 Å². The van der Waals surface area contributed by atoms with Crippen LogP contribution in [0.25, 0.3) is 0 Å². The van der Waals surface area contributed by atoms with Crippen LogP contribution in [-0.2, 0) is 26.2 Å². The predicted octanol–water partition coefficient (Wildman–Crippen LogP) is 3.88. The fourth-order valence-electron chi connectivity index (χ4n) is 3.76. The smallest absolute Gasteiger partial charge is 0.242 e. The Morgan fingerprint density at radius 2 is 1.67 bits per heavy atom. The SMILES string of the molecule is CCCCNC(=O)[C@H](C)N(Cc1ccc(OC)cc1)C(=O)CCCN(c1ccc(C)cc1)S(C)(=O)=O. The standard InChI is InChI=1S/C27H39N3O5S/c1-6-7-18-28-27(32)22(3)29(20-23-12-16-25(35-4)17-13-23)26(31)9-8-19-30(36(5,33)34)24-14-10-21(2)11-15-24/h10-17,22H,6-9,18-20H2,1-5H3,(H,28,32)/t22-/m0/s1. The minimum absolute atomic E-state index is 0.112. The van der Waals surface area contributed by atoms with E-state index in [4.69, 9.17) is 4.74 Å². The average molecular weight is 518 g/mol. The number of aryl methyl sites for hydroxylation is 1. The summed E-state index contributed by atoms with van der Waals surface area (Å²) in [6.45, 7) is 6.69. The van der Waals surface area contributed by atoms with E-state index < -0.39 is 16.1 Å². The summed E-state index contributed by atoms with van der Waals surface area (Å²) in [5.74, 6) is 0.294. The molecule has 0 aliphatic rings. The second-order valence-electron chi connectivity index (χ2n) is 8.96. The van der Waals surface area contributed by atoms with Crippen LogP contribution < -0.4 is 14.4 Å². The van der Waals surface area contributed by atoms with Crippen molar-refractivity contribution in [3.63, 3.8) is 0 Å². The molecule has 0 aliphatic carbocycles. The van der Waals surface area contributed by atoms with Gasteiger partial charge in [0.15, 0.2) is 0 Å². The molecule has 0 spiro atoms. The fourth-order valence-corrected chi connectivity index (χ4v) is 4.73. The van der Waals surface area contributed by atoms with Crippen molar-refractivity contribution in [3.05, 3.63) is 59.7 Å². The Morgan fingerprint density at radius 1 is 1.03 bits per heavy atom. The summed E-state index contributed by atoms with van der Waals surface area (Å²) < 4.78 is 31.3. The zero-order chi connectivity index (χ0) is 26.7. The second kappa shape index (κ2) is 13.9. The normalized spacial score (nSPS) is 12.0. The summed E-state index contributed by atoms with van der Waals surface area (Å²) in [4.78, 5) is 27.6. The van der Waals surface area contributed by atoms with Crippen LogP contribution in [0.15, 0.2) is 48.5 Å². The zero-order valence-electron chi connectivity index (χ0n) is 22.0. The van der Waals surface area contributed by atoms with E-state index in [1.165, 1.54) is 4.31 Å². The number of unbranched alkanes of at least 4 members (excludes halogenated alkanes) is 1. The Kier molecular flexibility index (Phi) is 11.2. The van der Waals surface area contributed by atoms with Crippen molar-refractivity contribution in [2.75, 3.05) is 30.8 Å². The lowest BCUT2D eigenvalue weighted by Gasteiger charge is -2.29. The van der Waals surface area contributed by atoms with Gasteiger partial charge < -0.3 is 15.0 Å². The Morgan fingerprint density at radius 3 is 2.22 bits per heavy atom. The lowest BCUT2D eigenvalue weighted by Crippen LogP contribution is -2.47. The van der Waals surface area contributed by atoms with Crippen LogP contribution in [0.4, 0.5) is 5.69 Å². The minimum Gasteiger partial charge on any atom is -0.497 e. The van der Waals surface area contributed by atoms with E-state index >= 15 is 0 Å². The van der Waals surface area contributed by atoms with Crippen LogP contribution in [-0.4, -0.2) is 57.6 Å². The molecule has 0 unspecified atom stereocenters. The summed E-state index contributed by atoms with van der Waals surface area (Å²) in [5, 5.41) is 2.90. The molecular weight excluding hydrogens is 478 g/mol. The van der Waals surface area contributed by atoms with Crippen LogP contribution in [0.2, 0.25) is 0 Å². The molecule has 2 aromatic carbocycles. The molecule has 0 heterocycles. The molecule has 0 radical (unpaired) electrons. The molecule has 36 heavy (non-hydrogen) atoms. The topological polar surface area (TPSA) is 96.0 Å². The van der Waals surface area contributed by atoms with Gasteiger partial charge in [0, 0.05) is 26.1 Å². The largest absolute Gasteiger partial charge is 0.497 e. The maximum Gasteiger partial charge on any atom is 0.242 e. The molecule has 0 bridgehead atoms. The Balaban J connectivity index is 2.14. The van der Waals surface area contributed by atoms with Crippen LogP contribution in [0.1, 0.15) is 50.7 Å². The van der Waals surface area contributed by atoms with Crippen LogP contribution in [0.3, 0.4) is 0 Å². The number of carbonyl (C=O) groups is 2. The number of rotatable bonds is 14. The van der Waals surface area contributed by atoms with Gasteiger partial charge in [-0.15, -0.1) is 0 Å². The van der Waals surface area contributed by atoms with Crippen molar-refractivity contribution >= 4 is 27.5 Å². The summed E-state index contributed by atoms with van der Waals surface area (Å²) in [7, 11) is -1.93. The number of sulfonamides is 1. The van der Waals surface area contributed by atoms with Gasteiger partial charge in [0.1, 0.15) is 11.8 Å². The van der Waals surface area contributed by atoms with Crippen LogP contribution >= 0.6 is 0 Å². The molecule has 0 saturated carbocycles. The van der Waals surface area contributed by atoms with E-state index in [-0.39, 0.29) is 31.3 Å². The predicted molar refractivity (Wildman–Crippen MR) is 144 cm³/mol. The lowest BCUT2D eigenvalue weighted by molar-refractivity contribution is -0.140. The first-order valence-corrected chi connectivity index (χ1v) is 14.2. The summed E-state index contributed by atoms with van der Waals surface area (Å²) >= 11 is 0. The maximum absolute atomic E-state index is 13.3. The first-order valence-electron chi connectivity index (χ1n) is 12.3. The number of benzene rings is 2. The highest BCUT2D eigenvalue weighted by molar-refractivity contribution is 7.92. The molecule has 0 fully saturated rings. The van der Waals surface area contributed by atoms with E-state index in [9.17, 15) is 18.0 Å². The summed E-state index contributed by atoms with van der Waals surface area (Å²) in [5.41, 5.74) is 2.46. The van der Waals surface area contributed by atoms with E-state index in [1.807, 2.05) is 50.2 Å². The minimum atomic E-state index is -3.51. The number of nitrogens with zero attached hydrogens (tertiary/aromatic N) is 2. The highest BCUT2D eigenvalue weighted by atomic mass is 32.2. The Labute approximate surface area is 215 Å². The van der Waals surface area contributed by atoms with Gasteiger partial charge in [0.25, 0.3) is 0 Å². The number of hydrogen-bond donors (Lipinski definition) is 1. The molecule has 9 heteroatoms. The molecule has 2 aromatic rings. The van der Waals surface area contributed by atoms with Crippen molar-refractivity contribution in [2.24, 2.45) is 0 Å². The van der Waals surface area contributed by atoms with Crippen molar-refractivity contribution in [3.8, 4) is 5.75 Å².